The number of aromatic nitrogens is 2. The van der Waals surface area contributed by atoms with Gasteiger partial charge in [-0.1, -0.05) is 0 Å². The Kier molecular flexibility index (Phi) is 4.46. The number of aliphatic hydroxyl groups is 1. The van der Waals surface area contributed by atoms with Crippen molar-refractivity contribution in [2.75, 3.05) is 26.1 Å². The van der Waals surface area contributed by atoms with E-state index in [0.717, 1.165) is 5.39 Å². The molecule has 0 saturated carbocycles. The van der Waals surface area contributed by atoms with E-state index in [1.165, 1.54) is 0 Å². The number of hydrogen-bond acceptors (Lipinski definition) is 6. The Bertz CT molecular complexity index is 619. The van der Waals surface area contributed by atoms with E-state index in [1.807, 2.05) is 0 Å². The van der Waals surface area contributed by atoms with E-state index >= 15 is 0 Å². The van der Waals surface area contributed by atoms with Crippen molar-refractivity contribution in [2.45, 2.75) is 13.0 Å². The van der Waals surface area contributed by atoms with Crippen LogP contribution in [-0.4, -0.2) is 41.9 Å². The summed E-state index contributed by atoms with van der Waals surface area (Å²) in [4.78, 5) is 8.30. The van der Waals surface area contributed by atoms with Gasteiger partial charge < -0.3 is 19.9 Å². The summed E-state index contributed by atoms with van der Waals surface area (Å²) in [5.74, 6) is 1.68. The number of nitrogens with zero attached hydrogens (tertiary/aromatic N) is 2. The fraction of sp³-hybridized carbons (Fsp3) is 0.385. The van der Waals surface area contributed by atoms with E-state index in [1.54, 1.807) is 33.3 Å². The normalized spacial score (nSPS) is 12.2. The lowest BCUT2D eigenvalue weighted by Gasteiger charge is -2.13. The number of hydrogen-bond donors (Lipinski definition) is 2. The van der Waals surface area contributed by atoms with Gasteiger partial charge in [-0.05, 0) is 24.6 Å². The molecule has 1 heterocycles. The van der Waals surface area contributed by atoms with Gasteiger partial charge in [0.25, 0.3) is 0 Å². The Labute approximate surface area is 121 Å². The van der Waals surface area contributed by atoms with Gasteiger partial charge in [0.2, 0.25) is 5.28 Å². The lowest BCUT2D eigenvalue weighted by atomic mass is 10.2. The van der Waals surface area contributed by atoms with Gasteiger partial charge in [0, 0.05) is 18.0 Å². The third kappa shape index (κ3) is 3.02. The first-order valence-electron chi connectivity index (χ1n) is 6.06. The molecule has 1 aromatic heterocycles. The van der Waals surface area contributed by atoms with Gasteiger partial charge in [-0.15, -0.1) is 0 Å². The van der Waals surface area contributed by atoms with Crippen molar-refractivity contribution in [3.63, 3.8) is 0 Å². The summed E-state index contributed by atoms with van der Waals surface area (Å²) < 4.78 is 10.5. The van der Waals surface area contributed by atoms with Crippen molar-refractivity contribution in [3.05, 3.63) is 17.4 Å². The van der Waals surface area contributed by atoms with Crippen molar-refractivity contribution < 1.29 is 14.6 Å². The van der Waals surface area contributed by atoms with Crippen molar-refractivity contribution >= 4 is 28.3 Å². The van der Waals surface area contributed by atoms with Crippen LogP contribution in [0.2, 0.25) is 5.28 Å². The van der Waals surface area contributed by atoms with Gasteiger partial charge in [-0.25, -0.2) is 9.97 Å². The smallest absolute Gasteiger partial charge is 0.224 e. The SMILES string of the molecule is COc1cc2nc(Cl)nc(NCC(C)O)c2cc1OC. The van der Waals surface area contributed by atoms with Crippen LogP contribution in [-0.2, 0) is 0 Å². The van der Waals surface area contributed by atoms with E-state index in [2.05, 4.69) is 15.3 Å². The van der Waals surface area contributed by atoms with Crippen LogP contribution in [0.4, 0.5) is 5.82 Å². The molecule has 20 heavy (non-hydrogen) atoms. The molecule has 108 valence electrons. The van der Waals surface area contributed by atoms with E-state index in [9.17, 15) is 5.11 Å². The molecule has 0 aliphatic rings. The number of fused-ring (bicyclic) bond motifs is 1. The highest BCUT2D eigenvalue weighted by molar-refractivity contribution is 6.28. The molecule has 0 amide bonds. The third-order valence-corrected chi connectivity index (χ3v) is 2.91. The Hall–Kier alpha value is -1.79. The maximum absolute atomic E-state index is 9.35. The number of ether oxygens (including phenoxy) is 2. The second kappa shape index (κ2) is 6.11. The Balaban J connectivity index is 2.56. The zero-order valence-corrected chi connectivity index (χ0v) is 12.2. The molecule has 0 aliphatic carbocycles. The van der Waals surface area contributed by atoms with Crippen LogP contribution in [0.15, 0.2) is 12.1 Å². The number of benzene rings is 1. The molecule has 1 atom stereocenters. The maximum Gasteiger partial charge on any atom is 0.224 e. The fourth-order valence-corrected chi connectivity index (χ4v) is 1.98. The van der Waals surface area contributed by atoms with Gasteiger partial charge >= 0.3 is 0 Å². The molecule has 6 nitrogen and oxygen atoms in total. The molecule has 0 spiro atoms. The molecule has 0 aliphatic heterocycles. The standard InChI is InChI=1S/C13H16ClN3O3/c1-7(18)6-15-12-8-4-10(19-2)11(20-3)5-9(8)16-13(14)17-12/h4-5,7,18H,6H2,1-3H3,(H,15,16,17). The van der Waals surface area contributed by atoms with Crippen LogP contribution >= 0.6 is 11.6 Å². The van der Waals surface area contributed by atoms with Crippen molar-refractivity contribution in [2.24, 2.45) is 0 Å². The summed E-state index contributed by atoms with van der Waals surface area (Å²) in [6, 6.07) is 3.50. The third-order valence-electron chi connectivity index (χ3n) is 2.74. The summed E-state index contributed by atoms with van der Waals surface area (Å²) in [6.45, 7) is 2.04. The molecular weight excluding hydrogens is 282 g/mol. The van der Waals surface area contributed by atoms with E-state index in [0.29, 0.717) is 29.4 Å². The zero-order valence-electron chi connectivity index (χ0n) is 11.5. The summed E-state index contributed by atoms with van der Waals surface area (Å²) >= 11 is 5.91. The molecule has 1 aromatic carbocycles. The lowest BCUT2D eigenvalue weighted by Crippen LogP contribution is -2.16. The lowest BCUT2D eigenvalue weighted by molar-refractivity contribution is 0.208. The quantitative estimate of drug-likeness (QED) is 0.823. The predicted octanol–water partition coefficient (Wildman–Crippen LogP) is 2.09. The number of anilines is 1. The number of aliphatic hydroxyl groups excluding tert-OH is 1. The summed E-state index contributed by atoms with van der Waals surface area (Å²) in [6.07, 6.45) is -0.501. The fourth-order valence-electron chi connectivity index (χ4n) is 1.81. The van der Waals surface area contributed by atoms with Gasteiger partial charge in [0.15, 0.2) is 11.5 Å². The highest BCUT2D eigenvalue weighted by atomic mass is 35.5. The minimum absolute atomic E-state index is 0.123. The molecular formula is C13H16ClN3O3. The minimum Gasteiger partial charge on any atom is -0.493 e. The van der Waals surface area contributed by atoms with Crippen LogP contribution in [0.25, 0.3) is 10.9 Å². The molecule has 0 fully saturated rings. The second-order valence-electron chi connectivity index (χ2n) is 4.30. The predicted molar refractivity (Wildman–Crippen MR) is 77.8 cm³/mol. The van der Waals surface area contributed by atoms with Crippen LogP contribution in [0.5, 0.6) is 11.5 Å². The average Bonchev–Trinajstić information content (AvgIpc) is 2.42. The topological polar surface area (TPSA) is 76.5 Å². The summed E-state index contributed by atoms with van der Waals surface area (Å²) in [5, 5.41) is 13.3. The van der Waals surface area contributed by atoms with Crippen LogP contribution in [0.3, 0.4) is 0 Å². The molecule has 2 aromatic rings. The van der Waals surface area contributed by atoms with Crippen molar-refractivity contribution in [1.29, 1.82) is 0 Å². The van der Waals surface area contributed by atoms with Crippen LogP contribution < -0.4 is 14.8 Å². The Morgan fingerprint density at radius 2 is 1.90 bits per heavy atom. The van der Waals surface area contributed by atoms with E-state index in [-0.39, 0.29) is 5.28 Å². The van der Waals surface area contributed by atoms with E-state index in [4.69, 9.17) is 21.1 Å². The minimum atomic E-state index is -0.501. The van der Waals surface area contributed by atoms with Crippen LogP contribution in [0.1, 0.15) is 6.92 Å². The number of rotatable bonds is 5. The number of methoxy groups -OCH3 is 2. The van der Waals surface area contributed by atoms with Crippen molar-refractivity contribution in [1.82, 2.24) is 9.97 Å². The molecule has 0 saturated heterocycles. The zero-order chi connectivity index (χ0) is 14.7. The van der Waals surface area contributed by atoms with Gasteiger partial charge in [0.1, 0.15) is 5.82 Å². The average molecular weight is 298 g/mol. The number of nitrogens with one attached hydrogen (secondary N) is 1. The molecule has 1 unspecified atom stereocenters. The van der Waals surface area contributed by atoms with Crippen LogP contribution in [0, 0.1) is 0 Å². The molecule has 0 radical (unpaired) electrons. The second-order valence-corrected chi connectivity index (χ2v) is 4.63. The first-order chi connectivity index (χ1) is 9.55. The molecule has 0 bridgehead atoms. The van der Waals surface area contributed by atoms with Gasteiger partial charge in [-0.2, -0.15) is 0 Å². The first-order valence-corrected chi connectivity index (χ1v) is 6.44. The number of halogens is 1. The maximum atomic E-state index is 9.35. The van der Waals surface area contributed by atoms with Gasteiger partial charge in [-0.3, -0.25) is 0 Å². The Morgan fingerprint density at radius 3 is 2.50 bits per heavy atom. The highest BCUT2D eigenvalue weighted by Gasteiger charge is 2.12. The molecule has 2 rings (SSSR count). The summed E-state index contributed by atoms with van der Waals surface area (Å²) in [5.41, 5.74) is 0.635. The first kappa shape index (κ1) is 14.6. The summed E-state index contributed by atoms with van der Waals surface area (Å²) in [7, 11) is 3.11. The highest BCUT2D eigenvalue weighted by Crippen LogP contribution is 2.34. The van der Waals surface area contributed by atoms with E-state index < -0.39 is 6.10 Å². The van der Waals surface area contributed by atoms with Gasteiger partial charge in [0.05, 0.1) is 25.8 Å². The molecule has 7 heteroatoms. The largest absolute Gasteiger partial charge is 0.493 e. The Morgan fingerprint density at radius 1 is 1.25 bits per heavy atom. The van der Waals surface area contributed by atoms with Crippen molar-refractivity contribution in [3.8, 4) is 11.5 Å². The molecule has 2 N–H and O–H groups in total. The monoisotopic (exact) mass is 297 g/mol.